The van der Waals surface area contributed by atoms with Crippen LogP contribution in [-0.4, -0.2) is 41.4 Å². The highest BCUT2D eigenvalue weighted by molar-refractivity contribution is 7.10. The van der Waals surface area contributed by atoms with Crippen LogP contribution >= 0.6 is 11.3 Å². The number of likely N-dealkylation sites (tertiary alicyclic amines) is 1. The fraction of sp³-hybridized carbons (Fsp3) is 0.278. The molecule has 0 radical (unpaired) electrons. The van der Waals surface area contributed by atoms with Gasteiger partial charge >= 0.3 is 0 Å². The van der Waals surface area contributed by atoms with Gasteiger partial charge in [0.15, 0.2) is 0 Å². The summed E-state index contributed by atoms with van der Waals surface area (Å²) >= 11 is 1.46. The number of hydrogen-bond acceptors (Lipinski definition) is 5. The summed E-state index contributed by atoms with van der Waals surface area (Å²) in [6.45, 7) is 0.585. The molecular weight excluding hydrogens is 338 g/mol. The molecule has 7 heteroatoms. The molecule has 1 fully saturated rings. The smallest absolute Gasteiger partial charge is 0.247 e. The van der Waals surface area contributed by atoms with E-state index in [4.69, 9.17) is 4.74 Å². The van der Waals surface area contributed by atoms with Crippen molar-refractivity contribution in [3.63, 3.8) is 0 Å². The van der Waals surface area contributed by atoms with Gasteiger partial charge in [-0.25, -0.2) is 4.98 Å². The van der Waals surface area contributed by atoms with E-state index in [9.17, 15) is 9.59 Å². The Kier molecular flexibility index (Phi) is 5.45. The van der Waals surface area contributed by atoms with Crippen LogP contribution < -0.4 is 10.1 Å². The van der Waals surface area contributed by atoms with Crippen LogP contribution in [0.1, 0.15) is 17.8 Å². The zero-order valence-electron chi connectivity index (χ0n) is 13.8. The summed E-state index contributed by atoms with van der Waals surface area (Å²) in [5.41, 5.74) is 0.684. The van der Waals surface area contributed by atoms with Crippen molar-refractivity contribution in [3.05, 3.63) is 46.9 Å². The van der Waals surface area contributed by atoms with Gasteiger partial charge in [-0.05, 0) is 43.2 Å². The van der Waals surface area contributed by atoms with Gasteiger partial charge < -0.3 is 15.0 Å². The van der Waals surface area contributed by atoms with Crippen molar-refractivity contribution in [1.82, 2.24) is 9.88 Å². The molecule has 2 amide bonds. The number of thiazole rings is 1. The number of nitrogens with zero attached hydrogens (tertiary/aromatic N) is 2. The topological polar surface area (TPSA) is 71.5 Å². The van der Waals surface area contributed by atoms with Crippen molar-refractivity contribution in [1.29, 1.82) is 0 Å². The molecule has 1 saturated heterocycles. The molecule has 1 unspecified atom stereocenters. The summed E-state index contributed by atoms with van der Waals surface area (Å²) in [5.74, 6) is 0.393. The van der Waals surface area contributed by atoms with Crippen LogP contribution in [-0.2, 0) is 9.59 Å². The fourth-order valence-electron chi connectivity index (χ4n) is 2.76. The van der Waals surface area contributed by atoms with Crippen molar-refractivity contribution in [2.24, 2.45) is 0 Å². The molecule has 1 atom stereocenters. The molecule has 2 heterocycles. The molecule has 0 aliphatic carbocycles. The van der Waals surface area contributed by atoms with Gasteiger partial charge in [0, 0.05) is 29.9 Å². The first-order chi connectivity index (χ1) is 12.2. The SMILES string of the molecule is COc1ccc(NC(=O)C2CCCN2C(=O)/C=C/c2nccs2)cc1. The van der Waals surface area contributed by atoms with Gasteiger partial charge in [-0.3, -0.25) is 9.59 Å². The van der Waals surface area contributed by atoms with Gasteiger partial charge in [0.05, 0.1) is 7.11 Å². The molecule has 1 N–H and O–H groups in total. The minimum atomic E-state index is -0.449. The largest absolute Gasteiger partial charge is 0.497 e. The highest BCUT2D eigenvalue weighted by atomic mass is 32.1. The number of nitrogens with one attached hydrogen (secondary N) is 1. The molecule has 6 nitrogen and oxygen atoms in total. The molecular formula is C18H19N3O3S. The van der Waals surface area contributed by atoms with E-state index in [1.54, 1.807) is 48.5 Å². The Hall–Kier alpha value is -2.67. The molecule has 25 heavy (non-hydrogen) atoms. The standard InChI is InChI=1S/C18H19N3O3S/c1-24-14-6-4-13(5-7-14)20-18(23)15-3-2-11-21(15)17(22)9-8-16-19-10-12-25-16/h4-10,12,15H,2-3,11H2,1H3,(H,20,23)/b9-8+. The lowest BCUT2D eigenvalue weighted by Crippen LogP contribution is -2.42. The number of carbonyl (C=O) groups excluding carboxylic acids is 2. The minimum Gasteiger partial charge on any atom is -0.497 e. The molecule has 3 rings (SSSR count). The van der Waals surface area contributed by atoms with Crippen molar-refractivity contribution in [2.75, 3.05) is 19.0 Å². The molecule has 1 aromatic heterocycles. The average Bonchev–Trinajstić information content (AvgIpc) is 3.32. The molecule has 130 valence electrons. The summed E-state index contributed by atoms with van der Waals surface area (Å²) in [4.78, 5) is 30.7. The zero-order valence-corrected chi connectivity index (χ0v) is 14.7. The van der Waals surface area contributed by atoms with E-state index in [1.165, 1.54) is 17.4 Å². The molecule has 0 spiro atoms. The maximum Gasteiger partial charge on any atom is 0.247 e. The maximum atomic E-state index is 12.5. The summed E-state index contributed by atoms with van der Waals surface area (Å²) in [6, 6.07) is 6.67. The second kappa shape index (κ2) is 7.94. The van der Waals surface area contributed by atoms with Crippen molar-refractivity contribution < 1.29 is 14.3 Å². The predicted octanol–water partition coefficient (Wildman–Crippen LogP) is 2.79. The highest BCUT2D eigenvalue weighted by Gasteiger charge is 2.33. The molecule has 2 aromatic rings. The predicted molar refractivity (Wildman–Crippen MR) is 97.5 cm³/mol. The third kappa shape index (κ3) is 4.24. The van der Waals surface area contributed by atoms with E-state index < -0.39 is 6.04 Å². The van der Waals surface area contributed by atoms with E-state index in [-0.39, 0.29) is 11.8 Å². The number of anilines is 1. The van der Waals surface area contributed by atoms with Crippen molar-refractivity contribution in [3.8, 4) is 5.75 Å². The monoisotopic (exact) mass is 357 g/mol. The minimum absolute atomic E-state index is 0.164. The lowest BCUT2D eigenvalue weighted by atomic mass is 10.2. The van der Waals surface area contributed by atoms with Crippen molar-refractivity contribution in [2.45, 2.75) is 18.9 Å². The Morgan fingerprint density at radius 1 is 1.36 bits per heavy atom. The Bertz CT molecular complexity index is 756. The Labute approximate surface area is 150 Å². The third-order valence-electron chi connectivity index (χ3n) is 4.02. The number of methoxy groups -OCH3 is 1. The van der Waals surface area contributed by atoms with E-state index in [0.717, 1.165) is 17.2 Å². The molecule has 0 saturated carbocycles. The molecule has 0 bridgehead atoms. The second-order valence-electron chi connectivity index (χ2n) is 5.61. The zero-order chi connectivity index (χ0) is 17.6. The number of rotatable bonds is 5. The molecule has 1 aliphatic rings. The number of carbonyl (C=O) groups is 2. The Balaban J connectivity index is 1.63. The maximum absolute atomic E-state index is 12.5. The van der Waals surface area contributed by atoms with Crippen LogP contribution in [0.5, 0.6) is 5.75 Å². The van der Waals surface area contributed by atoms with E-state index >= 15 is 0 Å². The van der Waals surface area contributed by atoms with Gasteiger partial charge in [0.25, 0.3) is 0 Å². The van der Waals surface area contributed by atoms with Crippen LogP contribution in [0.4, 0.5) is 5.69 Å². The lowest BCUT2D eigenvalue weighted by Gasteiger charge is -2.22. The quantitative estimate of drug-likeness (QED) is 0.835. The van der Waals surface area contributed by atoms with Crippen molar-refractivity contribution >= 4 is 34.9 Å². The summed E-state index contributed by atoms with van der Waals surface area (Å²) < 4.78 is 5.10. The average molecular weight is 357 g/mol. The van der Waals surface area contributed by atoms with Gasteiger partial charge in [0.2, 0.25) is 11.8 Å². The number of ether oxygens (including phenoxy) is 1. The van der Waals surface area contributed by atoms with Gasteiger partial charge in [-0.15, -0.1) is 11.3 Å². The van der Waals surface area contributed by atoms with Crippen LogP contribution in [0.2, 0.25) is 0 Å². The number of benzene rings is 1. The first-order valence-electron chi connectivity index (χ1n) is 8.00. The number of amides is 2. The molecule has 1 aromatic carbocycles. The Morgan fingerprint density at radius 3 is 2.84 bits per heavy atom. The van der Waals surface area contributed by atoms with E-state index in [0.29, 0.717) is 18.7 Å². The summed E-state index contributed by atoms with van der Waals surface area (Å²) in [6.07, 6.45) is 6.34. The normalized spacial score (nSPS) is 17.0. The van der Waals surface area contributed by atoms with Crippen LogP contribution in [0.15, 0.2) is 41.9 Å². The fourth-order valence-corrected chi connectivity index (χ4v) is 3.29. The first kappa shape index (κ1) is 17.2. The Morgan fingerprint density at radius 2 is 2.16 bits per heavy atom. The van der Waals surface area contributed by atoms with Crippen LogP contribution in [0.3, 0.4) is 0 Å². The van der Waals surface area contributed by atoms with Gasteiger partial charge in [-0.1, -0.05) is 0 Å². The molecule has 1 aliphatic heterocycles. The van der Waals surface area contributed by atoms with Crippen LogP contribution in [0.25, 0.3) is 6.08 Å². The van der Waals surface area contributed by atoms with E-state index in [2.05, 4.69) is 10.3 Å². The van der Waals surface area contributed by atoms with Gasteiger partial charge in [-0.2, -0.15) is 0 Å². The number of hydrogen-bond donors (Lipinski definition) is 1. The lowest BCUT2D eigenvalue weighted by molar-refractivity contribution is -0.132. The second-order valence-corrected chi connectivity index (χ2v) is 6.54. The third-order valence-corrected chi connectivity index (χ3v) is 4.76. The van der Waals surface area contributed by atoms with Crippen LogP contribution in [0, 0.1) is 0 Å². The van der Waals surface area contributed by atoms with E-state index in [1.807, 2.05) is 5.38 Å². The summed E-state index contributed by atoms with van der Waals surface area (Å²) in [7, 11) is 1.59. The first-order valence-corrected chi connectivity index (χ1v) is 8.88. The van der Waals surface area contributed by atoms with Gasteiger partial charge in [0.1, 0.15) is 16.8 Å². The number of aromatic nitrogens is 1. The summed E-state index contributed by atoms with van der Waals surface area (Å²) in [5, 5.41) is 5.49. The highest BCUT2D eigenvalue weighted by Crippen LogP contribution is 2.21.